The Morgan fingerprint density at radius 2 is 2.10 bits per heavy atom. The van der Waals surface area contributed by atoms with E-state index in [9.17, 15) is 4.39 Å². The molecule has 0 atom stereocenters. The number of benzene rings is 1. The van der Waals surface area contributed by atoms with Crippen LogP contribution < -0.4 is 10.1 Å². The highest BCUT2D eigenvalue weighted by Crippen LogP contribution is 2.40. The Labute approximate surface area is 121 Å². The molecule has 0 bridgehead atoms. The fourth-order valence-corrected chi connectivity index (χ4v) is 2.60. The minimum Gasteiger partial charge on any atom is -0.487 e. The second kappa shape index (κ2) is 6.57. The van der Waals surface area contributed by atoms with Gasteiger partial charge in [-0.25, -0.2) is 4.39 Å². The lowest BCUT2D eigenvalue weighted by Crippen LogP contribution is -2.45. The Bertz CT molecular complexity index is 441. The molecule has 0 heterocycles. The summed E-state index contributed by atoms with van der Waals surface area (Å²) in [4.78, 5) is 0. The second-order valence-corrected chi connectivity index (χ2v) is 6.40. The van der Waals surface area contributed by atoms with Gasteiger partial charge in [-0.1, -0.05) is 19.9 Å². The van der Waals surface area contributed by atoms with E-state index in [4.69, 9.17) is 4.74 Å². The highest BCUT2D eigenvalue weighted by molar-refractivity contribution is 5.33. The summed E-state index contributed by atoms with van der Waals surface area (Å²) in [5, 5.41) is 3.47. The van der Waals surface area contributed by atoms with Crippen LogP contribution in [0.1, 0.15) is 45.1 Å². The second-order valence-electron chi connectivity index (χ2n) is 6.40. The van der Waals surface area contributed by atoms with Gasteiger partial charge < -0.3 is 10.1 Å². The highest BCUT2D eigenvalue weighted by Gasteiger charge is 2.39. The summed E-state index contributed by atoms with van der Waals surface area (Å²) in [5.74, 6) is 1.14. The molecule has 1 aliphatic rings. The average molecular weight is 279 g/mol. The van der Waals surface area contributed by atoms with E-state index in [1.54, 1.807) is 6.07 Å². The summed E-state index contributed by atoms with van der Waals surface area (Å²) in [6.07, 6.45) is 4.35. The molecule has 0 radical (unpaired) electrons. The van der Waals surface area contributed by atoms with Gasteiger partial charge in [-0.05, 0) is 63.2 Å². The van der Waals surface area contributed by atoms with Crippen LogP contribution in [0.25, 0.3) is 0 Å². The average Bonchev–Trinajstić information content (AvgIpc) is 2.35. The van der Waals surface area contributed by atoms with Crippen LogP contribution in [0.2, 0.25) is 0 Å². The zero-order valence-corrected chi connectivity index (χ0v) is 12.8. The molecule has 1 aliphatic carbocycles. The first kappa shape index (κ1) is 15.3. The summed E-state index contributed by atoms with van der Waals surface area (Å²) >= 11 is 0. The summed E-state index contributed by atoms with van der Waals surface area (Å²) in [5.41, 5.74) is 0.926. The van der Waals surface area contributed by atoms with Crippen molar-refractivity contribution >= 4 is 0 Å². The van der Waals surface area contributed by atoms with Gasteiger partial charge in [0.15, 0.2) is 0 Å². The largest absolute Gasteiger partial charge is 0.487 e. The highest BCUT2D eigenvalue weighted by atomic mass is 19.1. The van der Waals surface area contributed by atoms with Crippen LogP contribution in [0.4, 0.5) is 4.39 Å². The van der Waals surface area contributed by atoms with Crippen molar-refractivity contribution in [2.24, 2.45) is 5.92 Å². The molecule has 2 rings (SSSR count). The number of halogens is 1. The van der Waals surface area contributed by atoms with Crippen LogP contribution in [-0.2, 0) is 0 Å². The Kier molecular flexibility index (Phi) is 5.03. The molecular weight excluding hydrogens is 253 g/mol. The van der Waals surface area contributed by atoms with E-state index in [0.717, 1.165) is 37.9 Å². The molecule has 1 fully saturated rings. The van der Waals surface area contributed by atoms with Crippen molar-refractivity contribution in [3.05, 3.63) is 29.6 Å². The molecule has 20 heavy (non-hydrogen) atoms. The lowest BCUT2D eigenvalue weighted by atomic mass is 9.77. The lowest BCUT2D eigenvalue weighted by molar-refractivity contribution is -0.0150. The summed E-state index contributed by atoms with van der Waals surface area (Å²) < 4.78 is 19.5. The quantitative estimate of drug-likeness (QED) is 0.760. The van der Waals surface area contributed by atoms with Crippen molar-refractivity contribution in [1.82, 2.24) is 5.32 Å². The lowest BCUT2D eigenvalue weighted by Gasteiger charge is -2.42. The SMILES string of the molecule is Cc1ccc(F)cc1OC1(CCNCC(C)C)CCC1. The number of aryl methyl sites for hydroxylation is 1. The van der Waals surface area contributed by atoms with E-state index in [0.29, 0.717) is 11.7 Å². The first-order chi connectivity index (χ1) is 9.51. The molecule has 0 spiro atoms. The van der Waals surface area contributed by atoms with Crippen molar-refractivity contribution in [3.8, 4) is 5.75 Å². The van der Waals surface area contributed by atoms with Gasteiger partial charge in [0.1, 0.15) is 17.2 Å². The molecule has 112 valence electrons. The third kappa shape index (κ3) is 3.95. The Morgan fingerprint density at radius 1 is 1.35 bits per heavy atom. The van der Waals surface area contributed by atoms with Gasteiger partial charge in [0, 0.05) is 6.07 Å². The third-order valence-corrected chi connectivity index (χ3v) is 4.05. The van der Waals surface area contributed by atoms with Gasteiger partial charge in [0.2, 0.25) is 0 Å². The van der Waals surface area contributed by atoms with Crippen molar-refractivity contribution in [3.63, 3.8) is 0 Å². The number of rotatable bonds is 7. The maximum Gasteiger partial charge on any atom is 0.126 e. The van der Waals surface area contributed by atoms with Crippen molar-refractivity contribution in [1.29, 1.82) is 0 Å². The van der Waals surface area contributed by atoms with Crippen molar-refractivity contribution in [2.45, 2.75) is 52.1 Å². The molecule has 1 aromatic carbocycles. The number of nitrogens with one attached hydrogen (secondary N) is 1. The monoisotopic (exact) mass is 279 g/mol. The predicted molar refractivity (Wildman–Crippen MR) is 80.7 cm³/mol. The van der Waals surface area contributed by atoms with E-state index in [1.807, 2.05) is 6.92 Å². The normalized spacial score (nSPS) is 17.1. The van der Waals surface area contributed by atoms with Crippen LogP contribution in [0.5, 0.6) is 5.75 Å². The van der Waals surface area contributed by atoms with E-state index < -0.39 is 0 Å². The number of ether oxygens (including phenoxy) is 1. The first-order valence-corrected chi connectivity index (χ1v) is 7.67. The summed E-state index contributed by atoms with van der Waals surface area (Å²) in [6, 6.07) is 4.78. The Hall–Kier alpha value is -1.09. The van der Waals surface area contributed by atoms with E-state index in [1.165, 1.54) is 18.6 Å². The minimum atomic E-state index is -0.224. The fourth-order valence-electron chi connectivity index (χ4n) is 2.60. The van der Waals surface area contributed by atoms with Gasteiger partial charge in [-0.3, -0.25) is 0 Å². The van der Waals surface area contributed by atoms with Gasteiger partial charge in [0.05, 0.1) is 0 Å². The van der Waals surface area contributed by atoms with Crippen LogP contribution in [0, 0.1) is 18.7 Å². The van der Waals surface area contributed by atoms with E-state index in [2.05, 4.69) is 19.2 Å². The smallest absolute Gasteiger partial charge is 0.126 e. The zero-order chi connectivity index (χ0) is 14.6. The zero-order valence-electron chi connectivity index (χ0n) is 12.8. The number of hydrogen-bond donors (Lipinski definition) is 1. The summed E-state index contributed by atoms with van der Waals surface area (Å²) in [6.45, 7) is 8.39. The molecule has 0 aliphatic heterocycles. The van der Waals surface area contributed by atoms with Gasteiger partial charge in [-0.2, -0.15) is 0 Å². The van der Waals surface area contributed by atoms with Crippen molar-refractivity contribution in [2.75, 3.05) is 13.1 Å². The summed E-state index contributed by atoms with van der Waals surface area (Å²) in [7, 11) is 0. The van der Waals surface area contributed by atoms with Crippen molar-refractivity contribution < 1.29 is 9.13 Å². The third-order valence-electron chi connectivity index (χ3n) is 4.05. The van der Waals surface area contributed by atoms with E-state index in [-0.39, 0.29) is 11.4 Å². The molecule has 0 unspecified atom stereocenters. The molecule has 1 saturated carbocycles. The van der Waals surface area contributed by atoms with Gasteiger partial charge >= 0.3 is 0 Å². The topological polar surface area (TPSA) is 21.3 Å². The fraction of sp³-hybridized carbons (Fsp3) is 0.647. The predicted octanol–water partition coefficient (Wildman–Crippen LogP) is 4.07. The van der Waals surface area contributed by atoms with Gasteiger partial charge in [-0.15, -0.1) is 0 Å². The minimum absolute atomic E-state index is 0.0808. The molecule has 0 saturated heterocycles. The Balaban J connectivity index is 1.92. The van der Waals surface area contributed by atoms with Crippen LogP contribution >= 0.6 is 0 Å². The molecule has 1 N–H and O–H groups in total. The molecule has 0 amide bonds. The maximum absolute atomic E-state index is 13.3. The molecule has 3 heteroatoms. The van der Waals surface area contributed by atoms with Crippen LogP contribution in [0.15, 0.2) is 18.2 Å². The maximum atomic E-state index is 13.3. The van der Waals surface area contributed by atoms with Gasteiger partial charge in [0.25, 0.3) is 0 Å². The molecule has 2 nitrogen and oxygen atoms in total. The number of hydrogen-bond acceptors (Lipinski definition) is 2. The van der Waals surface area contributed by atoms with Crippen LogP contribution in [-0.4, -0.2) is 18.7 Å². The Morgan fingerprint density at radius 3 is 2.70 bits per heavy atom. The first-order valence-electron chi connectivity index (χ1n) is 7.67. The van der Waals surface area contributed by atoms with Crippen LogP contribution in [0.3, 0.4) is 0 Å². The molecule has 0 aromatic heterocycles. The molecular formula is C17H26FNO. The van der Waals surface area contributed by atoms with E-state index >= 15 is 0 Å². The standard InChI is InChI=1S/C17H26FNO/c1-13(2)12-19-10-9-17(7-4-8-17)20-16-11-15(18)6-5-14(16)3/h5-6,11,13,19H,4,7-10,12H2,1-3H3. The molecule has 1 aromatic rings.